The van der Waals surface area contributed by atoms with Gasteiger partial charge >= 0.3 is 0 Å². The Morgan fingerprint density at radius 1 is 0.760 bits per heavy atom. The first-order valence-electron chi connectivity index (χ1n) is 10.3. The lowest BCUT2D eigenvalue weighted by molar-refractivity contribution is -0.0353. The van der Waals surface area contributed by atoms with E-state index in [-0.39, 0.29) is 0 Å². The highest BCUT2D eigenvalue weighted by Crippen LogP contribution is 2.40. The summed E-state index contributed by atoms with van der Waals surface area (Å²) in [5, 5.41) is 3.85. The Morgan fingerprint density at radius 2 is 1.48 bits per heavy atom. The summed E-state index contributed by atoms with van der Waals surface area (Å²) in [6.07, 6.45) is 4.47. The molecule has 1 aliphatic carbocycles. The molecule has 0 amide bonds. The molecule has 25 heavy (non-hydrogen) atoms. The fraction of sp³-hybridized carbons (Fsp3) is 1.00. The summed E-state index contributed by atoms with van der Waals surface area (Å²) in [6.45, 7) is 9.02. The molecular weight excluding hydrogens is 318 g/mol. The van der Waals surface area contributed by atoms with Crippen molar-refractivity contribution in [3.8, 4) is 0 Å². The quantitative estimate of drug-likeness (QED) is 0.603. The molecule has 5 aliphatic rings. The number of hydrazine groups is 1. The third-order valence-electron chi connectivity index (χ3n) is 7.21. The Hall–Kier alpha value is -0.280. The van der Waals surface area contributed by atoms with Gasteiger partial charge in [0.15, 0.2) is 0 Å². The maximum Gasteiger partial charge on any atom is 0.0778 e. The lowest BCUT2D eigenvalue weighted by Gasteiger charge is -2.50. The van der Waals surface area contributed by atoms with Gasteiger partial charge in [0.05, 0.1) is 32.6 Å². The molecule has 0 radical (unpaired) electrons. The number of piperidine rings is 1. The van der Waals surface area contributed by atoms with Gasteiger partial charge in [-0.2, -0.15) is 0 Å². The topological polar surface area (TPSA) is 61.0 Å². The van der Waals surface area contributed by atoms with Crippen molar-refractivity contribution in [2.75, 3.05) is 59.2 Å². The molecule has 4 aliphatic heterocycles. The molecule has 0 aromatic heterocycles. The molecule has 4 heterocycles. The van der Waals surface area contributed by atoms with Crippen LogP contribution in [0.5, 0.6) is 0 Å². The zero-order valence-corrected chi connectivity index (χ0v) is 15.2. The molecule has 0 aromatic rings. The minimum Gasteiger partial charge on any atom is -0.379 e. The van der Waals surface area contributed by atoms with Gasteiger partial charge in [0.25, 0.3) is 0 Å². The lowest BCUT2D eigenvalue weighted by Crippen LogP contribution is -2.62. The predicted octanol–water partition coefficient (Wildman–Crippen LogP) is -0.790. The summed E-state index contributed by atoms with van der Waals surface area (Å²) in [5.41, 5.74) is 7.25. The summed E-state index contributed by atoms with van der Waals surface area (Å²) in [4.78, 5) is 5.31. The van der Waals surface area contributed by atoms with Crippen LogP contribution >= 0.6 is 0 Å². The number of nitrogens with one attached hydrogen (secondary N) is 3. The van der Waals surface area contributed by atoms with Gasteiger partial charge in [0, 0.05) is 56.8 Å². The lowest BCUT2D eigenvalue weighted by atomic mass is 9.68. The highest BCUT2D eigenvalue weighted by molar-refractivity contribution is 5.05. The van der Waals surface area contributed by atoms with Crippen LogP contribution in [0.4, 0.5) is 0 Å². The van der Waals surface area contributed by atoms with E-state index in [0.29, 0.717) is 24.2 Å². The average molecular weight is 351 g/mol. The van der Waals surface area contributed by atoms with Crippen molar-refractivity contribution < 1.29 is 9.47 Å². The molecule has 142 valence electrons. The Bertz CT molecular complexity index is 455. The number of nitrogens with zero attached hydrogens (tertiary/aromatic N) is 2. The van der Waals surface area contributed by atoms with Gasteiger partial charge < -0.3 is 14.8 Å². The van der Waals surface area contributed by atoms with Crippen LogP contribution in [-0.4, -0.2) is 93.2 Å². The molecule has 7 nitrogen and oxygen atoms in total. The van der Waals surface area contributed by atoms with Gasteiger partial charge in [-0.1, -0.05) is 0 Å². The molecular formula is C18H33N5O2. The van der Waals surface area contributed by atoms with Crippen molar-refractivity contribution in [1.29, 1.82) is 0 Å². The first-order chi connectivity index (χ1) is 12.4. The fourth-order valence-electron chi connectivity index (χ4n) is 5.93. The van der Waals surface area contributed by atoms with Crippen molar-refractivity contribution in [3.63, 3.8) is 0 Å². The van der Waals surface area contributed by atoms with Crippen LogP contribution < -0.4 is 16.2 Å². The van der Waals surface area contributed by atoms with Crippen molar-refractivity contribution in [2.24, 2.45) is 11.8 Å². The summed E-state index contributed by atoms with van der Waals surface area (Å²) >= 11 is 0. The van der Waals surface area contributed by atoms with Gasteiger partial charge in [0.1, 0.15) is 0 Å². The maximum absolute atomic E-state index is 5.58. The zero-order chi connectivity index (χ0) is 16.6. The van der Waals surface area contributed by atoms with Crippen LogP contribution in [0.3, 0.4) is 0 Å². The Balaban J connectivity index is 1.31. The van der Waals surface area contributed by atoms with E-state index >= 15 is 0 Å². The first kappa shape index (κ1) is 16.9. The SMILES string of the molecule is C1CN(C2CCC3NCC4NNC(N5CCOCC5)C4C3C2)CCO1. The van der Waals surface area contributed by atoms with Crippen LogP contribution in [-0.2, 0) is 9.47 Å². The summed E-state index contributed by atoms with van der Waals surface area (Å²) < 4.78 is 11.1. The second kappa shape index (κ2) is 7.38. The Labute approximate surface area is 150 Å². The standard InChI is InChI=1S/C18H33N5O2/c1-2-15-14(11-13(1)22-3-7-24-8-4-22)17-16(12-19-15)20-21-18(17)23-5-9-25-10-6-23/h13-21H,1-12H2. The van der Waals surface area contributed by atoms with Crippen molar-refractivity contribution >= 4 is 0 Å². The van der Waals surface area contributed by atoms with Gasteiger partial charge in [-0.15, -0.1) is 0 Å². The fourth-order valence-corrected chi connectivity index (χ4v) is 5.93. The Morgan fingerprint density at radius 3 is 2.24 bits per heavy atom. The average Bonchev–Trinajstić information content (AvgIpc) is 3.14. The van der Waals surface area contributed by atoms with E-state index in [1.165, 1.54) is 19.3 Å². The van der Waals surface area contributed by atoms with E-state index in [2.05, 4.69) is 26.0 Å². The number of hydrogen-bond acceptors (Lipinski definition) is 7. The van der Waals surface area contributed by atoms with Gasteiger partial charge in [0.2, 0.25) is 0 Å². The second-order valence-corrected chi connectivity index (χ2v) is 8.36. The Kier molecular flexibility index (Phi) is 4.98. The molecule has 6 unspecified atom stereocenters. The molecule has 4 saturated heterocycles. The van der Waals surface area contributed by atoms with Gasteiger partial charge in [-0.05, 0) is 25.2 Å². The smallest absolute Gasteiger partial charge is 0.0778 e. The summed E-state index contributed by atoms with van der Waals surface area (Å²) in [6, 6.07) is 2.00. The molecule has 5 fully saturated rings. The third-order valence-corrected chi connectivity index (χ3v) is 7.21. The van der Waals surface area contributed by atoms with E-state index in [1.54, 1.807) is 0 Å². The highest BCUT2D eigenvalue weighted by Gasteiger charge is 2.51. The molecule has 7 heteroatoms. The van der Waals surface area contributed by atoms with Crippen molar-refractivity contribution in [1.82, 2.24) is 26.0 Å². The van der Waals surface area contributed by atoms with Crippen molar-refractivity contribution in [2.45, 2.75) is 43.6 Å². The minimum atomic E-state index is 0.465. The summed E-state index contributed by atoms with van der Waals surface area (Å²) in [7, 11) is 0. The minimum absolute atomic E-state index is 0.465. The number of rotatable bonds is 2. The van der Waals surface area contributed by atoms with Crippen LogP contribution in [0.25, 0.3) is 0 Å². The van der Waals surface area contributed by atoms with Crippen LogP contribution in [0.1, 0.15) is 19.3 Å². The molecule has 0 bridgehead atoms. The van der Waals surface area contributed by atoms with E-state index in [4.69, 9.17) is 9.47 Å². The predicted molar refractivity (Wildman–Crippen MR) is 95.0 cm³/mol. The molecule has 3 N–H and O–H groups in total. The number of ether oxygens (including phenoxy) is 2. The number of fused-ring (bicyclic) bond motifs is 3. The number of hydrogen-bond donors (Lipinski definition) is 3. The molecule has 0 spiro atoms. The zero-order valence-electron chi connectivity index (χ0n) is 15.2. The molecule has 6 atom stereocenters. The largest absolute Gasteiger partial charge is 0.379 e. The van der Waals surface area contributed by atoms with E-state index < -0.39 is 0 Å². The normalized spacial score (nSPS) is 46.6. The second-order valence-electron chi connectivity index (χ2n) is 8.36. The highest BCUT2D eigenvalue weighted by atomic mass is 16.5. The van der Waals surface area contributed by atoms with E-state index in [0.717, 1.165) is 71.1 Å². The summed E-state index contributed by atoms with van der Waals surface area (Å²) in [5.74, 6) is 1.46. The molecule has 1 saturated carbocycles. The van der Waals surface area contributed by atoms with Gasteiger partial charge in [-0.25, -0.2) is 5.43 Å². The molecule has 5 rings (SSSR count). The van der Waals surface area contributed by atoms with Crippen molar-refractivity contribution in [3.05, 3.63) is 0 Å². The monoisotopic (exact) mass is 351 g/mol. The molecule has 0 aromatic carbocycles. The van der Waals surface area contributed by atoms with E-state index in [1.807, 2.05) is 0 Å². The van der Waals surface area contributed by atoms with Crippen LogP contribution in [0.2, 0.25) is 0 Å². The van der Waals surface area contributed by atoms with Gasteiger partial charge in [-0.3, -0.25) is 15.2 Å². The third kappa shape index (κ3) is 3.25. The van der Waals surface area contributed by atoms with E-state index in [9.17, 15) is 0 Å². The first-order valence-corrected chi connectivity index (χ1v) is 10.3. The van der Waals surface area contributed by atoms with Crippen LogP contribution in [0, 0.1) is 11.8 Å². The van der Waals surface area contributed by atoms with Crippen LogP contribution in [0.15, 0.2) is 0 Å². The number of morpholine rings is 2. The maximum atomic E-state index is 5.58.